The Morgan fingerprint density at radius 1 is 1.37 bits per heavy atom. The number of hydrogen-bond acceptors (Lipinski definition) is 3. The number of hydrogen-bond donors (Lipinski definition) is 1. The van der Waals surface area contributed by atoms with Gasteiger partial charge in [-0.25, -0.2) is 8.42 Å². The van der Waals surface area contributed by atoms with E-state index in [9.17, 15) is 8.42 Å². The molecule has 0 unspecified atom stereocenters. The minimum Gasteiger partial charge on any atom is -0.312 e. The van der Waals surface area contributed by atoms with Crippen molar-refractivity contribution in [3.8, 4) is 0 Å². The van der Waals surface area contributed by atoms with Crippen LogP contribution in [0.15, 0.2) is 32.0 Å². The molecule has 19 heavy (non-hydrogen) atoms. The topological polar surface area (TPSA) is 49.4 Å². The first kappa shape index (κ1) is 17.4. The molecule has 108 valence electrons. The lowest BCUT2D eigenvalue weighted by molar-refractivity contribution is 0.310. The predicted octanol–water partition coefficient (Wildman–Crippen LogP) is 2.62. The molecule has 1 N–H and O–H groups in total. The number of halogens is 3. The van der Waals surface area contributed by atoms with Crippen molar-refractivity contribution in [2.75, 3.05) is 19.6 Å². The predicted molar refractivity (Wildman–Crippen MR) is 85.3 cm³/mol. The van der Waals surface area contributed by atoms with Crippen LogP contribution in [0.5, 0.6) is 0 Å². The third kappa shape index (κ3) is 3.92. The van der Waals surface area contributed by atoms with Crippen LogP contribution in [0.25, 0.3) is 0 Å². The fraction of sp³-hybridized carbons (Fsp3) is 0.455. The summed E-state index contributed by atoms with van der Waals surface area (Å²) in [6, 6.07) is 5.29. The second-order valence-electron chi connectivity index (χ2n) is 4.29. The van der Waals surface area contributed by atoms with Crippen molar-refractivity contribution < 1.29 is 8.42 Å². The first-order valence-corrected chi connectivity index (χ1v) is 8.62. The highest BCUT2D eigenvalue weighted by atomic mass is 79.9. The Kier molecular flexibility index (Phi) is 6.28. The SMILES string of the molecule is C[C@@H]1CN(S(=O)(=O)c2ccc(Br)cc2Br)CCN1.Cl. The van der Waals surface area contributed by atoms with Crippen LogP contribution in [0.4, 0.5) is 0 Å². The molecule has 0 amide bonds. The van der Waals surface area contributed by atoms with E-state index < -0.39 is 10.0 Å². The van der Waals surface area contributed by atoms with Crippen molar-refractivity contribution in [3.63, 3.8) is 0 Å². The molecule has 2 rings (SSSR count). The molecule has 1 aliphatic rings. The summed E-state index contributed by atoms with van der Waals surface area (Å²) in [5, 5.41) is 3.23. The van der Waals surface area contributed by atoms with Crippen LogP contribution in [0.1, 0.15) is 6.92 Å². The van der Waals surface area contributed by atoms with Crippen molar-refractivity contribution in [2.45, 2.75) is 17.9 Å². The number of benzene rings is 1. The molecule has 1 aliphatic heterocycles. The molecule has 1 fully saturated rings. The molecule has 0 radical (unpaired) electrons. The smallest absolute Gasteiger partial charge is 0.244 e. The second-order valence-corrected chi connectivity index (χ2v) is 7.97. The Hall–Kier alpha value is 0.340. The van der Waals surface area contributed by atoms with Crippen molar-refractivity contribution in [3.05, 3.63) is 27.1 Å². The van der Waals surface area contributed by atoms with E-state index in [0.29, 0.717) is 29.0 Å². The first-order valence-electron chi connectivity index (χ1n) is 5.60. The van der Waals surface area contributed by atoms with Crippen LogP contribution in [0.3, 0.4) is 0 Å². The van der Waals surface area contributed by atoms with Crippen LogP contribution in [-0.2, 0) is 10.0 Å². The Bertz CT molecular complexity index is 554. The molecule has 8 heteroatoms. The van der Waals surface area contributed by atoms with Gasteiger partial charge < -0.3 is 5.32 Å². The average molecular weight is 435 g/mol. The van der Waals surface area contributed by atoms with E-state index >= 15 is 0 Å². The van der Waals surface area contributed by atoms with Gasteiger partial charge in [0, 0.05) is 34.6 Å². The van der Waals surface area contributed by atoms with E-state index in [1.54, 1.807) is 18.2 Å². The number of piperazine rings is 1. The first-order chi connectivity index (χ1) is 8.41. The van der Waals surface area contributed by atoms with Gasteiger partial charge in [0.15, 0.2) is 0 Å². The highest BCUT2D eigenvalue weighted by Crippen LogP contribution is 2.28. The lowest BCUT2D eigenvalue weighted by atomic mass is 10.3. The summed E-state index contributed by atoms with van der Waals surface area (Å²) in [6.45, 7) is 3.69. The van der Waals surface area contributed by atoms with Gasteiger partial charge >= 0.3 is 0 Å². The Morgan fingerprint density at radius 2 is 2.05 bits per heavy atom. The lowest BCUT2D eigenvalue weighted by Crippen LogP contribution is -2.51. The number of sulfonamides is 1. The van der Waals surface area contributed by atoms with Gasteiger partial charge in [-0.15, -0.1) is 12.4 Å². The van der Waals surface area contributed by atoms with Crippen LogP contribution < -0.4 is 5.32 Å². The maximum absolute atomic E-state index is 12.5. The Labute approximate surface area is 136 Å². The van der Waals surface area contributed by atoms with E-state index in [4.69, 9.17) is 0 Å². The number of rotatable bonds is 2. The molecule has 1 heterocycles. The van der Waals surface area contributed by atoms with Gasteiger partial charge in [0.2, 0.25) is 10.0 Å². The summed E-state index contributed by atoms with van der Waals surface area (Å²) in [5.74, 6) is 0. The maximum atomic E-state index is 12.5. The minimum absolute atomic E-state index is 0. The molecule has 1 aromatic rings. The molecule has 4 nitrogen and oxygen atoms in total. The summed E-state index contributed by atoms with van der Waals surface area (Å²) >= 11 is 6.63. The van der Waals surface area contributed by atoms with Crippen molar-refractivity contribution in [2.24, 2.45) is 0 Å². The fourth-order valence-electron chi connectivity index (χ4n) is 1.94. The molecule has 1 aromatic carbocycles. The van der Waals surface area contributed by atoms with Gasteiger partial charge in [0.25, 0.3) is 0 Å². The molecule has 0 saturated carbocycles. The minimum atomic E-state index is -3.42. The van der Waals surface area contributed by atoms with E-state index in [2.05, 4.69) is 37.2 Å². The van der Waals surface area contributed by atoms with Gasteiger partial charge in [-0.3, -0.25) is 0 Å². The van der Waals surface area contributed by atoms with E-state index in [0.717, 1.165) is 4.47 Å². The monoisotopic (exact) mass is 432 g/mol. The lowest BCUT2D eigenvalue weighted by Gasteiger charge is -2.31. The van der Waals surface area contributed by atoms with Crippen LogP contribution in [-0.4, -0.2) is 38.4 Å². The standard InChI is InChI=1S/C11H14Br2N2O2S.ClH/c1-8-7-15(5-4-14-8)18(16,17)11-3-2-9(12)6-10(11)13;/h2-3,6,8,14H,4-5,7H2,1H3;1H/t8-;/m1./s1. The summed E-state index contributed by atoms with van der Waals surface area (Å²) in [6.07, 6.45) is 0. The molecule has 0 spiro atoms. The molecule has 0 aliphatic carbocycles. The number of nitrogens with zero attached hydrogens (tertiary/aromatic N) is 1. The molecular weight excluding hydrogens is 419 g/mol. The second kappa shape index (κ2) is 6.87. The normalized spacial score (nSPS) is 20.9. The molecule has 1 atom stereocenters. The molecule has 0 bridgehead atoms. The van der Waals surface area contributed by atoms with Gasteiger partial charge in [-0.05, 0) is 41.1 Å². The van der Waals surface area contributed by atoms with Crippen molar-refractivity contribution >= 4 is 54.3 Å². The fourth-order valence-corrected chi connectivity index (χ4v) is 5.17. The zero-order valence-electron chi connectivity index (χ0n) is 10.3. The molecule has 1 saturated heterocycles. The van der Waals surface area contributed by atoms with Gasteiger partial charge in [0.05, 0.1) is 4.90 Å². The van der Waals surface area contributed by atoms with Gasteiger partial charge in [-0.2, -0.15) is 4.31 Å². The van der Waals surface area contributed by atoms with Crippen LogP contribution in [0, 0.1) is 0 Å². The van der Waals surface area contributed by atoms with Crippen molar-refractivity contribution in [1.82, 2.24) is 9.62 Å². The summed E-state index contributed by atoms with van der Waals surface area (Å²) < 4.78 is 28.0. The van der Waals surface area contributed by atoms with E-state index in [1.165, 1.54) is 4.31 Å². The summed E-state index contributed by atoms with van der Waals surface area (Å²) in [7, 11) is -3.42. The summed E-state index contributed by atoms with van der Waals surface area (Å²) in [5.41, 5.74) is 0. The van der Waals surface area contributed by atoms with E-state index in [-0.39, 0.29) is 18.4 Å². The zero-order chi connectivity index (χ0) is 13.3. The Balaban J connectivity index is 0.00000180. The highest BCUT2D eigenvalue weighted by molar-refractivity contribution is 9.11. The van der Waals surface area contributed by atoms with E-state index in [1.807, 2.05) is 6.92 Å². The Morgan fingerprint density at radius 3 is 2.63 bits per heavy atom. The largest absolute Gasteiger partial charge is 0.312 e. The average Bonchev–Trinajstić information content (AvgIpc) is 2.28. The summed E-state index contributed by atoms with van der Waals surface area (Å²) in [4.78, 5) is 0.319. The van der Waals surface area contributed by atoms with Gasteiger partial charge in [0.1, 0.15) is 0 Å². The quantitative estimate of drug-likeness (QED) is 0.779. The van der Waals surface area contributed by atoms with Gasteiger partial charge in [-0.1, -0.05) is 15.9 Å². The van der Waals surface area contributed by atoms with Crippen LogP contribution >= 0.6 is 44.3 Å². The number of nitrogens with one attached hydrogen (secondary N) is 1. The maximum Gasteiger partial charge on any atom is 0.244 e. The molecular formula is C11H15Br2ClN2O2S. The third-order valence-corrected chi connectivity index (χ3v) is 6.18. The van der Waals surface area contributed by atoms with Crippen molar-refractivity contribution in [1.29, 1.82) is 0 Å². The third-order valence-electron chi connectivity index (χ3n) is 2.84. The molecule has 0 aromatic heterocycles. The zero-order valence-corrected chi connectivity index (χ0v) is 15.1. The highest BCUT2D eigenvalue weighted by Gasteiger charge is 2.29. The van der Waals surface area contributed by atoms with Crippen LogP contribution in [0.2, 0.25) is 0 Å².